The average molecular weight is 391 g/mol. The number of hydrogen-bond donors (Lipinski definition) is 2. The number of para-hydroxylation sites is 1. The van der Waals surface area contributed by atoms with Crippen molar-refractivity contribution in [2.75, 3.05) is 10.6 Å². The lowest BCUT2D eigenvalue weighted by molar-refractivity contribution is -0.131. The van der Waals surface area contributed by atoms with Gasteiger partial charge in [0.15, 0.2) is 0 Å². The van der Waals surface area contributed by atoms with Crippen LogP contribution in [0.3, 0.4) is 0 Å². The van der Waals surface area contributed by atoms with Gasteiger partial charge in [-0.25, -0.2) is 0 Å². The van der Waals surface area contributed by atoms with Gasteiger partial charge >= 0.3 is 0 Å². The molecule has 1 saturated carbocycles. The van der Waals surface area contributed by atoms with E-state index in [1.807, 2.05) is 24.3 Å². The first kappa shape index (κ1) is 18.7. The van der Waals surface area contributed by atoms with Crippen LogP contribution in [-0.2, 0) is 9.59 Å². The highest BCUT2D eigenvalue weighted by molar-refractivity contribution is 6.35. The van der Waals surface area contributed by atoms with Gasteiger partial charge in [0.05, 0.1) is 0 Å². The van der Waals surface area contributed by atoms with E-state index in [2.05, 4.69) is 24.5 Å². The number of rotatable bonds is 5. The van der Waals surface area contributed by atoms with Crippen LogP contribution in [0.4, 0.5) is 11.4 Å². The molecule has 2 aromatic carbocycles. The third-order valence-corrected chi connectivity index (χ3v) is 5.01. The van der Waals surface area contributed by atoms with Crippen molar-refractivity contribution in [3.63, 3.8) is 0 Å². The molecule has 136 valence electrons. The SMILES string of the molecule is CC(C)c1ccccc1NC(=O)C1(C(=O)Nc2cc(Cl)cc(Cl)c2)CC1. The van der Waals surface area contributed by atoms with Gasteiger partial charge in [-0.3, -0.25) is 9.59 Å². The fraction of sp³-hybridized carbons (Fsp3) is 0.300. The molecule has 0 atom stereocenters. The lowest BCUT2D eigenvalue weighted by atomic mass is 9.99. The first-order valence-corrected chi connectivity index (χ1v) is 9.25. The van der Waals surface area contributed by atoms with Gasteiger partial charge in [-0.15, -0.1) is 0 Å². The van der Waals surface area contributed by atoms with E-state index in [9.17, 15) is 9.59 Å². The van der Waals surface area contributed by atoms with E-state index in [1.165, 1.54) is 0 Å². The van der Waals surface area contributed by atoms with E-state index in [0.717, 1.165) is 11.3 Å². The minimum atomic E-state index is -1.04. The highest BCUT2D eigenvalue weighted by atomic mass is 35.5. The number of halogens is 2. The van der Waals surface area contributed by atoms with E-state index < -0.39 is 5.41 Å². The smallest absolute Gasteiger partial charge is 0.240 e. The molecule has 2 amide bonds. The minimum Gasteiger partial charge on any atom is -0.325 e. The molecule has 0 unspecified atom stereocenters. The van der Waals surface area contributed by atoms with E-state index in [0.29, 0.717) is 28.6 Å². The third kappa shape index (κ3) is 3.87. The molecule has 2 aromatic rings. The molecule has 4 nitrogen and oxygen atoms in total. The monoisotopic (exact) mass is 390 g/mol. The number of nitrogens with one attached hydrogen (secondary N) is 2. The predicted octanol–water partition coefficient (Wildman–Crippen LogP) is 5.47. The Morgan fingerprint density at radius 3 is 2.12 bits per heavy atom. The highest BCUT2D eigenvalue weighted by Gasteiger charge is 2.56. The first-order chi connectivity index (χ1) is 12.3. The average Bonchev–Trinajstić information content (AvgIpc) is 3.36. The molecule has 0 saturated heterocycles. The molecule has 2 N–H and O–H groups in total. The number of amides is 2. The zero-order chi connectivity index (χ0) is 18.9. The zero-order valence-electron chi connectivity index (χ0n) is 14.6. The molecule has 1 fully saturated rings. The third-order valence-electron chi connectivity index (χ3n) is 4.57. The Bertz CT molecular complexity index is 840. The van der Waals surface area contributed by atoms with Crippen molar-refractivity contribution in [3.05, 3.63) is 58.1 Å². The summed E-state index contributed by atoms with van der Waals surface area (Å²) in [5.41, 5.74) is 1.23. The van der Waals surface area contributed by atoms with Crippen LogP contribution in [0.15, 0.2) is 42.5 Å². The van der Waals surface area contributed by atoms with Gasteiger partial charge in [-0.2, -0.15) is 0 Å². The summed E-state index contributed by atoms with van der Waals surface area (Å²) in [6.45, 7) is 4.13. The molecular weight excluding hydrogens is 371 g/mol. The highest BCUT2D eigenvalue weighted by Crippen LogP contribution is 2.48. The lowest BCUT2D eigenvalue weighted by Crippen LogP contribution is -2.35. The van der Waals surface area contributed by atoms with Gasteiger partial charge in [-0.1, -0.05) is 55.2 Å². The van der Waals surface area contributed by atoms with Gasteiger partial charge in [0.25, 0.3) is 0 Å². The molecule has 0 bridgehead atoms. The van der Waals surface area contributed by atoms with E-state index in [1.54, 1.807) is 18.2 Å². The van der Waals surface area contributed by atoms with Gasteiger partial charge in [0.1, 0.15) is 5.41 Å². The first-order valence-electron chi connectivity index (χ1n) is 8.50. The summed E-state index contributed by atoms with van der Waals surface area (Å²) in [6, 6.07) is 12.4. The van der Waals surface area contributed by atoms with Crippen molar-refractivity contribution in [2.24, 2.45) is 5.41 Å². The quantitative estimate of drug-likeness (QED) is 0.664. The van der Waals surface area contributed by atoms with Crippen LogP contribution < -0.4 is 10.6 Å². The van der Waals surface area contributed by atoms with Crippen molar-refractivity contribution in [3.8, 4) is 0 Å². The summed E-state index contributed by atoms with van der Waals surface area (Å²) in [4.78, 5) is 25.5. The number of benzene rings is 2. The fourth-order valence-electron chi connectivity index (χ4n) is 2.92. The van der Waals surface area contributed by atoms with Crippen LogP contribution in [0.5, 0.6) is 0 Å². The molecular formula is C20H20Cl2N2O2. The summed E-state index contributed by atoms with van der Waals surface area (Å²) in [6.07, 6.45) is 1.03. The molecule has 0 aromatic heterocycles. The second-order valence-corrected chi connectivity index (χ2v) is 7.76. The van der Waals surface area contributed by atoms with Crippen molar-refractivity contribution in [2.45, 2.75) is 32.6 Å². The summed E-state index contributed by atoms with van der Waals surface area (Å²) in [5, 5.41) is 6.54. The van der Waals surface area contributed by atoms with Crippen LogP contribution in [0, 0.1) is 5.41 Å². The van der Waals surface area contributed by atoms with Crippen molar-refractivity contribution < 1.29 is 9.59 Å². The van der Waals surface area contributed by atoms with Crippen LogP contribution in [0.25, 0.3) is 0 Å². The summed E-state index contributed by atoms with van der Waals surface area (Å²) in [7, 11) is 0. The second-order valence-electron chi connectivity index (χ2n) is 6.89. The maximum Gasteiger partial charge on any atom is 0.240 e. The largest absolute Gasteiger partial charge is 0.325 e. The number of carbonyl (C=O) groups excluding carboxylic acids is 2. The van der Waals surface area contributed by atoms with Crippen molar-refractivity contribution in [1.82, 2.24) is 0 Å². The Morgan fingerprint density at radius 1 is 0.962 bits per heavy atom. The van der Waals surface area contributed by atoms with Crippen LogP contribution >= 0.6 is 23.2 Å². The molecule has 0 aliphatic heterocycles. The van der Waals surface area contributed by atoms with Gasteiger partial charge < -0.3 is 10.6 Å². The molecule has 1 aliphatic rings. The predicted molar refractivity (Wildman–Crippen MR) is 106 cm³/mol. The fourth-order valence-corrected chi connectivity index (χ4v) is 3.44. The standard InChI is InChI=1S/C20H20Cl2N2O2/c1-12(2)16-5-3-4-6-17(16)24-19(26)20(7-8-20)18(25)23-15-10-13(21)9-14(22)11-15/h3-6,9-12H,7-8H2,1-2H3,(H,23,25)(H,24,26). The normalized spacial score (nSPS) is 14.8. The zero-order valence-corrected chi connectivity index (χ0v) is 16.1. The van der Waals surface area contributed by atoms with E-state index in [4.69, 9.17) is 23.2 Å². The van der Waals surface area contributed by atoms with Crippen molar-refractivity contribution in [1.29, 1.82) is 0 Å². The molecule has 0 heterocycles. The van der Waals surface area contributed by atoms with Crippen LogP contribution in [0.2, 0.25) is 10.0 Å². The van der Waals surface area contributed by atoms with Crippen molar-refractivity contribution >= 4 is 46.4 Å². The number of anilines is 2. The molecule has 0 radical (unpaired) electrons. The summed E-state index contributed by atoms with van der Waals surface area (Å²) >= 11 is 11.9. The Hall–Kier alpha value is -2.04. The lowest BCUT2D eigenvalue weighted by Gasteiger charge is -2.18. The minimum absolute atomic E-state index is 0.268. The second kappa shape index (κ2) is 7.29. The molecule has 3 rings (SSSR count). The van der Waals surface area contributed by atoms with Gasteiger partial charge in [0, 0.05) is 21.4 Å². The Labute approximate surface area is 162 Å². The summed E-state index contributed by atoms with van der Waals surface area (Å²) < 4.78 is 0. The van der Waals surface area contributed by atoms with E-state index >= 15 is 0 Å². The maximum atomic E-state index is 12.8. The molecule has 0 spiro atoms. The molecule has 1 aliphatic carbocycles. The molecule has 26 heavy (non-hydrogen) atoms. The van der Waals surface area contributed by atoms with Crippen LogP contribution in [0.1, 0.15) is 38.2 Å². The van der Waals surface area contributed by atoms with Crippen LogP contribution in [-0.4, -0.2) is 11.8 Å². The van der Waals surface area contributed by atoms with Gasteiger partial charge in [-0.05, 0) is 48.6 Å². The Morgan fingerprint density at radius 2 is 1.54 bits per heavy atom. The summed E-state index contributed by atoms with van der Waals surface area (Å²) in [5.74, 6) is -0.351. The Kier molecular flexibility index (Phi) is 5.26. The Balaban J connectivity index is 1.76. The maximum absolute atomic E-state index is 12.8. The molecule has 6 heteroatoms. The topological polar surface area (TPSA) is 58.2 Å². The van der Waals surface area contributed by atoms with E-state index in [-0.39, 0.29) is 17.7 Å². The number of carbonyl (C=O) groups is 2. The number of hydrogen-bond acceptors (Lipinski definition) is 2. The van der Waals surface area contributed by atoms with Gasteiger partial charge in [0.2, 0.25) is 11.8 Å².